The largest absolute Gasteiger partial charge is 0.457 e. The minimum absolute atomic E-state index is 0.553. The fourth-order valence-electron chi connectivity index (χ4n) is 3.65. The number of ether oxygens (including phenoxy) is 1. The first-order chi connectivity index (χ1) is 14.3. The fourth-order valence-corrected chi connectivity index (χ4v) is 4.62. The molecule has 7 heteroatoms. The Morgan fingerprint density at radius 3 is 2.66 bits per heavy atom. The number of aromatic nitrogens is 4. The molecule has 0 unspecified atom stereocenters. The van der Waals surface area contributed by atoms with Crippen LogP contribution in [0.15, 0.2) is 55.2 Å². The molecule has 0 atom stereocenters. The maximum atomic E-state index is 6.09. The average Bonchev–Trinajstić information content (AvgIpc) is 3.17. The van der Waals surface area contributed by atoms with Gasteiger partial charge in [-0.05, 0) is 31.0 Å². The summed E-state index contributed by atoms with van der Waals surface area (Å²) in [6, 6.07) is 10.3. The molecule has 4 aromatic rings. The smallest absolute Gasteiger partial charge is 0.184 e. The lowest BCUT2D eigenvalue weighted by Gasteiger charge is -2.22. The van der Waals surface area contributed by atoms with Crippen LogP contribution in [0.5, 0.6) is 11.5 Å². The van der Waals surface area contributed by atoms with Gasteiger partial charge < -0.3 is 10.1 Å². The molecule has 29 heavy (non-hydrogen) atoms. The maximum Gasteiger partial charge on any atom is 0.184 e. The Morgan fingerprint density at radius 2 is 1.79 bits per heavy atom. The van der Waals surface area contributed by atoms with Crippen LogP contribution in [0, 0.1) is 0 Å². The Balaban J connectivity index is 1.34. The van der Waals surface area contributed by atoms with Crippen LogP contribution >= 0.6 is 11.3 Å². The zero-order valence-corrected chi connectivity index (χ0v) is 16.7. The van der Waals surface area contributed by atoms with Gasteiger partial charge in [0.25, 0.3) is 0 Å². The van der Waals surface area contributed by atoms with Crippen LogP contribution in [0.25, 0.3) is 21.5 Å². The van der Waals surface area contributed by atoms with Gasteiger partial charge in [-0.3, -0.25) is 4.98 Å². The molecule has 1 aliphatic rings. The van der Waals surface area contributed by atoms with E-state index in [-0.39, 0.29) is 0 Å². The molecule has 1 aliphatic carbocycles. The molecule has 0 radical (unpaired) electrons. The summed E-state index contributed by atoms with van der Waals surface area (Å²) in [6.45, 7) is 0. The van der Waals surface area contributed by atoms with E-state index in [1.54, 1.807) is 29.9 Å². The molecule has 1 saturated carbocycles. The molecule has 146 valence electrons. The highest BCUT2D eigenvalue weighted by atomic mass is 32.1. The number of thiazole rings is 1. The Labute approximate surface area is 173 Å². The molecular formula is C22H21N5OS. The molecule has 0 aliphatic heterocycles. The van der Waals surface area contributed by atoms with Crippen LogP contribution in [-0.2, 0) is 0 Å². The van der Waals surface area contributed by atoms with Crippen LogP contribution in [0.4, 0.5) is 5.13 Å². The SMILES string of the molecule is c1ncc(-c2cc(Oc3ccc4nc(NC5CCCCC5)sc4c3)ccn2)cn1. The molecule has 0 bridgehead atoms. The third kappa shape index (κ3) is 4.19. The molecule has 5 rings (SSSR count). The first-order valence-electron chi connectivity index (χ1n) is 9.90. The van der Waals surface area contributed by atoms with E-state index >= 15 is 0 Å². The van der Waals surface area contributed by atoms with Crippen LogP contribution in [0.3, 0.4) is 0 Å². The Kier molecular flexibility index (Phi) is 5.04. The van der Waals surface area contributed by atoms with Crippen molar-refractivity contribution < 1.29 is 4.74 Å². The number of nitrogens with zero attached hydrogens (tertiary/aromatic N) is 4. The van der Waals surface area contributed by atoms with E-state index in [0.717, 1.165) is 38.1 Å². The van der Waals surface area contributed by atoms with Crippen molar-refractivity contribution in [3.05, 3.63) is 55.2 Å². The molecule has 1 fully saturated rings. The van der Waals surface area contributed by atoms with E-state index < -0.39 is 0 Å². The van der Waals surface area contributed by atoms with Crippen molar-refractivity contribution >= 4 is 26.7 Å². The van der Waals surface area contributed by atoms with Crippen LogP contribution in [0.2, 0.25) is 0 Å². The Bertz CT molecular complexity index is 1110. The third-order valence-electron chi connectivity index (χ3n) is 5.12. The van der Waals surface area contributed by atoms with Gasteiger partial charge in [0.15, 0.2) is 5.13 Å². The minimum atomic E-state index is 0.553. The zero-order valence-electron chi connectivity index (χ0n) is 15.9. The van der Waals surface area contributed by atoms with Gasteiger partial charge in [-0.1, -0.05) is 30.6 Å². The van der Waals surface area contributed by atoms with Crippen LogP contribution in [-0.4, -0.2) is 26.0 Å². The van der Waals surface area contributed by atoms with Gasteiger partial charge in [0.05, 0.1) is 15.9 Å². The van der Waals surface area contributed by atoms with Crippen LogP contribution < -0.4 is 10.1 Å². The van der Waals surface area contributed by atoms with E-state index in [4.69, 9.17) is 9.72 Å². The minimum Gasteiger partial charge on any atom is -0.457 e. The monoisotopic (exact) mass is 403 g/mol. The number of rotatable bonds is 5. The summed E-state index contributed by atoms with van der Waals surface area (Å²) in [4.78, 5) is 17.2. The lowest BCUT2D eigenvalue weighted by molar-refractivity contribution is 0.462. The van der Waals surface area contributed by atoms with E-state index in [9.17, 15) is 0 Å². The number of fused-ring (bicyclic) bond motifs is 1. The molecule has 0 saturated heterocycles. The second kappa shape index (κ2) is 8.13. The van der Waals surface area contributed by atoms with Crippen molar-refractivity contribution in [1.29, 1.82) is 0 Å². The topological polar surface area (TPSA) is 72.8 Å². The number of hydrogen-bond donors (Lipinski definition) is 1. The predicted octanol–water partition coefficient (Wildman–Crippen LogP) is 5.69. The zero-order chi connectivity index (χ0) is 19.5. The first-order valence-corrected chi connectivity index (χ1v) is 10.7. The van der Waals surface area contributed by atoms with E-state index in [2.05, 4.69) is 20.3 Å². The molecular weight excluding hydrogens is 382 g/mol. The summed E-state index contributed by atoms with van der Waals surface area (Å²) in [5, 5.41) is 4.61. The van der Waals surface area contributed by atoms with Crippen molar-refractivity contribution in [3.63, 3.8) is 0 Å². The summed E-state index contributed by atoms with van der Waals surface area (Å²) in [6.07, 6.45) is 13.2. The fraction of sp³-hybridized carbons (Fsp3) is 0.273. The highest BCUT2D eigenvalue weighted by Gasteiger charge is 2.15. The highest BCUT2D eigenvalue weighted by Crippen LogP contribution is 2.33. The van der Waals surface area contributed by atoms with Crippen molar-refractivity contribution in [2.75, 3.05) is 5.32 Å². The van der Waals surface area contributed by atoms with Crippen LogP contribution in [0.1, 0.15) is 32.1 Å². The third-order valence-corrected chi connectivity index (χ3v) is 6.07. The number of pyridine rings is 1. The summed E-state index contributed by atoms with van der Waals surface area (Å²) in [7, 11) is 0. The van der Waals surface area contributed by atoms with Crippen molar-refractivity contribution in [3.8, 4) is 22.8 Å². The van der Waals surface area contributed by atoms with Gasteiger partial charge in [-0.2, -0.15) is 0 Å². The first kappa shape index (κ1) is 18.0. The molecule has 6 nitrogen and oxygen atoms in total. The lowest BCUT2D eigenvalue weighted by atomic mass is 9.96. The quantitative estimate of drug-likeness (QED) is 0.462. The van der Waals surface area contributed by atoms with Gasteiger partial charge in [0.1, 0.15) is 17.8 Å². The molecule has 0 amide bonds. The summed E-state index contributed by atoms with van der Waals surface area (Å²) in [5.74, 6) is 1.51. The number of benzene rings is 1. The van der Waals surface area contributed by atoms with E-state index in [1.165, 1.54) is 38.4 Å². The number of anilines is 1. The normalized spacial score (nSPS) is 14.8. The summed E-state index contributed by atoms with van der Waals surface area (Å²) < 4.78 is 7.20. The lowest BCUT2D eigenvalue weighted by Crippen LogP contribution is -2.21. The second-order valence-electron chi connectivity index (χ2n) is 7.23. The summed E-state index contributed by atoms with van der Waals surface area (Å²) in [5.41, 5.74) is 2.63. The van der Waals surface area contributed by atoms with Gasteiger partial charge in [0, 0.05) is 42.3 Å². The summed E-state index contributed by atoms with van der Waals surface area (Å²) >= 11 is 1.68. The maximum absolute atomic E-state index is 6.09. The van der Waals surface area contributed by atoms with Crippen molar-refractivity contribution in [1.82, 2.24) is 19.9 Å². The van der Waals surface area contributed by atoms with E-state index in [0.29, 0.717) is 6.04 Å². The number of hydrogen-bond acceptors (Lipinski definition) is 7. The van der Waals surface area contributed by atoms with Gasteiger partial charge in [-0.25, -0.2) is 15.0 Å². The van der Waals surface area contributed by atoms with Gasteiger partial charge in [-0.15, -0.1) is 0 Å². The van der Waals surface area contributed by atoms with E-state index in [1.807, 2.05) is 30.3 Å². The standard InChI is InChI=1S/C22H21N5OS/c1-2-4-16(5-3-1)26-22-27-19-7-6-17(11-21(19)29-22)28-18-8-9-25-20(10-18)15-12-23-14-24-13-15/h6-14,16H,1-5H2,(H,26,27). The molecule has 3 aromatic heterocycles. The average molecular weight is 404 g/mol. The molecule has 1 N–H and O–H groups in total. The Hall–Kier alpha value is -3.06. The second-order valence-corrected chi connectivity index (χ2v) is 8.26. The molecule has 0 spiro atoms. The number of nitrogens with one attached hydrogen (secondary N) is 1. The molecule has 1 aromatic carbocycles. The van der Waals surface area contributed by atoms with Gasteiger partial charge in [0.2, 0.25) is 0 Å². The molecule has 3 heterocycles. The van der Waals surface area contributed by atoms with Crippen molar-refractivity contribution in [2.24, 2.45) is 0 Å². The van der Waals surface area contributed by atoms with Crippen molar-refractivity contribution in [2.45, 2.75) is 38.1 Å². The highest BCUT2D eigenvalue weighted by molar-refractivity contribution is 7.22. The van der Waals surface area contributed by atoms with Gasteiger partial charge >= 0.3 is 0 Å². The Morgan fingerprint density at radius 1 is 0.966 bits per heavy atom. The predicted molar refractivity (Wildman–Crippen MR) is 115 cm³/mol.